The number of benzene rings is 2. The zero-order valence-corrected chi connectivity index (χ0v) is 18.8. The maximum Gasteiger partial charge on any atom is 0.292 e. The number of carbonyl (C=O) groups excluding carboxylic acids is 2. The van der Waals surface area contributed by atoms with E-state index in [0.29, 0.717) is 18.7 Å². The van der Waals surface area contributed by atoms with Gasteiger partial charge in [0.25, 0.3) is 11.6 Å². The van der Waals surface area contributed by atoms with Crippen molar-refractivity contribution in [1.29, 1.82) is 0 Å². The van der Waals surface area contributed by atoms with Crippen molar-refractivity contribution in [1.82, 2.24) is 10.2 Å². The third-order valence-corrected chi connectivity index (χ3v) is 5.68. The molecule has 0 spiro atoms. The number of nitrogens with zero attached hydrogens (tertiary/aromatic N) is 2. The van der Waals surface area contributed by atoms with Crippen LogP contribution in [0.1, 0.15) is 49.5 Å². The smallest absolute Gasteiger partial charge is 0.292 e. The number of likely N-dealkylation sites (tertiary alicyclic amines) is 1. The Kier molecular flexibility index (Phi) is 7.25. The molecule has 1 aliphatic rings. The van der Waals surface area contributed by atoms with E-state index in [1.165, 1.54) is 17.7 Å². The molecule has 1 aliphatic heterocycles. The first-order valence-corrected chi connectivity index (χ1v) is 10.8. The normalized spacial score (nSPS) is 15.2. The van der Waals surface area contributed by atoms with E-state index >= 15 is 0 Å². The van der Waals surface area contributed by atoms with Gasteiger partial charge in [0.1, 0.15) is 5.69 Å². The molecule has 0 radical (unpaired) electrons. The molecule has 8 nitrogen and oxygen atoms in total. The van der Waals surface area contributed by atoms with Crippen LogP contribution in [-0.2, 0) is 10.2 Å². The molecular weight excluding hydrogens is 408 g/mol. The zero-order chi connectivity index (χ0) is 23.3. The topological polar surface area (TPSA) is 105 Å². The summed E-state index contributed by atoms with van der Waals surface area (Å²) in [5.74, 6) is -0.376. The second-order valence-electron chi connectivity index (χ2n) is 9.17. The van der Waals surface area contributed by atoms with E-state index in [-0.39, 0.29) is 41.2 Å². The molecule has 1 heterocycles. The maximum atomic E-state index is 12.6. The number of nitro groups is 1. The van der Waals surface area contributed by atoms with Crippen LogP contribution in [0.5, 0.6) is 0 Å². The largest absolute Gasteiger partial charge is 0.349 e. The zero-order valence-electron chi connectivity index (χ0n) is 18.8. The molecule has 2 aromatic carbocycles. The van der Waals surface area contributed by atoms with Crippen LogP contribution >= 0.6 is 0 Å². The van der Waals surface area contributed by atoms with Crippen molar-refractivity contribution in [3.63, 3.8) is 0 Å². The van der Waals surface area contributed by atoms with Crippen LogP contribution in [0.3, 0.4) is 0 Å². The van der Waals surface area contributed by atoms with Gasteiger partial charge in [-0.3, -0.25) is 24.6 Å². The molecule has 3 rings (SSSR count). The van der Waals surface area contributed by atoms with Crippen LogP contribution in [0.2, 0.25) is 0 Å². The first-order chi connectivity index (χ1) is 15.1. The fourth-order valence-electron chi connectivity index (χ4n) is 3.76. The summed E-state index contributed by atoms with van der Waals surface area (Å²) in [4.78, 5) is 37.5. The van der Waals surface area contributed by atoms with Gasteiger partial charge >= 0.3 is 0 Å². The number of piperidine rings is 1. The predicted molar refractivity (Wildman–Crippen MR) is 124 cm³/mol. The van der Waals surface area contributed by atoms with Crippen LogP contribution < -0.4 is 10.6 Å². The molecule has 0 aliphatic carbocycles. The highest BCUT2D eigenvalue weighted by molar-refractivity contribution is 5.95. The van der Waals surface area contributed by atoms with Gasteiger partial charge in [-0.2, -0.15) is 0 Å². The van der Waals surface area contributed by atoms with Crippen LogP contribution in [0.15, 0.2) is 48.5 Å². The number of nitro benzene ring substituents is 1. The quantitative estimate of drug-likeness (QED) is 0.528. The van der Waals surface area contributed by atoms with Crippen molar-refractivity contribution < 1.29 is 14.5 Å². The molecule has 170 valence electrons. The highest BCUT2D eigenvalue weighted by Crippen LogP contribution is 2.24. The number of hydrogen-bond donors (Lipinski definition) is 2. The summed E-state index contributed by atoms with van der Waals surface area (Å²) in [6, 6.07) is 13.8. The summed E-state index contributed by atoms with van der Waals surface area (Å²) < 4.78 is 0. The number of para-hydroxylation sites is 2. The van der Waals surface area contributed by atoms with Gasteiger partial charge in [0, 0.05) is 30.8 Å². The van der Waals surface area contributed by atoms with Crippen molar-refractivity contribution >= 4 is 23.2 Å². The lowest BCUT2D eigenvalue weighted by molar-refractivity contribution is -0.383. The average Bonchev–Trinajstić information content (AvgIpc) is 2.75. The molecule has 0 unspecified atom stereocenters. The minimum Gasteiger partial charge on any atom is -0.349 e. The number of hydrogen-bond acceptors (Lipinski definition) is 5. The molecule has 32 heavy (non-hydrogen) atoms. The maximum absolute atomic E-state index is 12.6. The standard InChI is InChI=1S/C24H30N4O4/c1-24(2,3)18-10-8-17(9-11-18)23(30)25-19-12-14-27(15-13-19)16-22(29)26-20-6-4-5-7-21(20)28(31)32/h4-11,19H,12-16H2,1-3H3,(H,25,30)(H,26,29). The molecule has 1 saturated heterocycles. The van der Waals surface area contributed by atoms with Gasteiger partial charge in [-0.1, -0.05) is 45.0 Å². The van der Waals surface area contributed by atoms with Gasteiger partial charge < -0.3 is 10.6 Å². The Morgan fingerprint density at radius 3 is 2.28 bits per heavy atom. The Balaban J connectivity index is 1.46. The van der Waals surface area contributed by atoms with E-state index in [1.807, 2.05) is 29.2 Å². The molecule has 0 bridgehead atoms. The molecule has 1 fully saturated rings. The molecule has 0 atom stereocenters. The van der Waals surface area contributed by atoms with E-state index in [1.54, 1.807) is 12.1 Å². The summed E-state index contributed by atoms with van der Waals surface area (Å²) in [5.41, 5.74) is 1.94. The van der Waals surface area contributed by atoms with Gasteiger partial charge in [-0.15, -0.1) is 0 Å². The molecule has 0 saturated carbocycles. The van der Waals surface area contributed by atoms with Crippen molar-refractivity contribution in [3.05, 3.63) is 69.8 Å². The minimum atomic E-state index is -0.513. The predicted octanol–water partition coefficient (Wildman–Crippen LogP) is 3.73. The Labute approximate surface area is 188 Å². The molecule has 8 heteroatoms. The first-order valence-electron chi connectivity index (χ1n) is 10.8. The summed E-state index contributed by atoms with van der Waals surface area (Å²) in [5, 5.41) is 16.8. The van der Waals surface area contributed by atoms with Crippen LogP contribution in [0, 0.1) is 10.1 Å². The van der Waals surface area contributed by atoms with E-state index in [0.717, 1.165) is 12.8 Å². The highest BCUT2D eigenvalue weighted by Gasteiger charge is 2.24. The molecular formula is C24H30N4O4. The van der Waals surface area contributed by atoms with Gasteiger partial charge in [0.2, 0.25) is 5.91 Å². The molecule has 2 N–H and O–H groups in total. The number of rotatable bonds is 6. The Morgan fingerprint density at radius 2 is 1.69 bits per heavy atom. The Morgan fingerprint density at radius 1 is 1.06 bits per heavy atom. The van der Waals surface area contributed by atoms with Crippen molar-refractivity contribution in [2.75, 3.05) is 25.0 Å². The summed E-state index contributed by atoms with van der Waals surface area (Å²) in [6.07, 6.45) is 1.48. The van der Waals surface area contributed by atoms with Gasteiger partial charge in [-0.25, -0.2) is 0 Å². The third kappa shape index (κ3) is 6.13. The van der Waals surface area contributed by atoms with E-state index < -0.39 is 4.92 Å². The first kappa shape index (κ1) is 23.4. The van der Waals surface area contributed by atoms with E-state index in [4.69, 9.17) is 0 Å². The molecule has 2 amide bonds. The second kappa shape index (κ2) is 9.91. The van der Waals surface area contributed by atoms with E-state index in [9.17, 15) is 19.7 Å². The summed E-state index contributed by atoms with van der Waals surface area (Å²) >= 11 is 0. The Bertz CT molecular complexity index is 974. The van der Waals surface area contributed by atoms with Crippen LogP contribution in [-0.4, -0.2) is 47.3 Å². The number of nitrogens with one attached hydrogen (secondary N) is 2. The molecule has 0 aromatic heterocycles. The van der Waals surface area contributed by atoms with Crippen molar-refractivity contribution in [2.45, 2.75) is 45.1 Å². The minimum absolute atomic E-state index is 0.0412. The van der Waals surface area contributed by atoms with Crippen molar-refractivity contribution in [2.24, 2.45) is 0 Å². The number of amides is 2. The lowest BCUT2D eigenvalue weighted by Crippen LogP contribution is -2.46. The average molecular weight is 439 g/mol. The fourth-order valence-corrected chi connectivity index (χ4v) is 3.76. The van der Waals surface area contributed by atoms with E-state index in [2.05, 4.69) is 31.4 Å². The number of anilines is 1. The fraction of sp³-hybridized carbons (Fsp3) is 0.417. The van der Waals surface area contributed by atoms with Gasteiger partial charge in [0.05, 0.1) is 11.5 Å². The van der Waals surface area contributed by atoms with Crippen LogP contribution in [0.4, 0.5) is 11.4 Å². The number of carbonyl (C=O) groups is 2. The molecule has 2 aromatic rings. The second-order valence-corrected chi connectivity index (χ2v) is 9.17. The van der Waals surface area contributed by atoms with Crippen molar-refractivity contribution in [3.8, 4) is 0 Å². The van der Waals surface area contributed by atoms with Gasteiger partial charge in [0.15, 0.2) is 0 Å². The summed E-state index contributed by atoms with van der Waals surface area (Å²) in [7, 11) is 0. The highest BCUT2D eigenvalue weighted by atomic mass is 16.6. The van der Waals surface area contributed by atoms with Crippen LogP contribution in [0.25, 0.3) is 0 Å². The Hall–Kier alpha value is -3.26. The SMILES string of the molecule is CC(C)(C)c1ccc(C(=O)NC2CCN(CC(=O)Nc3ccccc3[N+](=O)[O-])CC2)cc1. The van der Waals surface area contributed by atoms with Gasteiger partial charge in [-0.05, 0) is 42.0 Å². The third-order valence-electron chi connectivity index (χ3n) is 5.68. The monoisotopic (exact) mass is 438 g/mol. The lowest BCUT2D eigenvalue weighted by Gasteiger charge is -2.31. The summed E-state index contributed by atoms with van der Waals surface area (Å²) in [6.45, 7) is 7.89. The lowest BCUT2D eigenvalue weighted by atomic mass is 9.86.